The molecular formula is C20H23NO3. The molecule has 126 valence electrons. The Morgan fingerprint density at radius 2 is 1.83 bits per heavy atom. The summed E-state index contributed by atoms with van der Waals surface area (Å²) in [6.45, 7) is 3.94. The van der Waals surface area contributed by atoms with Crippen LogP contribution in [-0.4, -0.2) is 23.7 Å². The molecule has 0 aromatic heterocycles. The Kier molecular flexibility index (Phi) is 6.43. The summed E-state index contributed by atoms with van der Waals surface area (Å²) in [4.78, 5) is 12.1. The number of hydrogen-bond donors (Lipinski definition) is 2. The van der Waals surface area contributed by atoms with Crippen LogP contribution in [0.1, 0.15) is 19.4 Å². The SMILES string of the molecule is CCOC(=O)[C@@H](C)[C@@H](/C=C/c1ccccc1)Nc1ccccc1O. The van der Waals surface area contributed by atoms with Crippen molar-refractivity contribution in [1.82, 2.24) is 0 Å². The number of aromatic hydroxyl groups is 1. The zero-order valence-corrected chi connectivity index (χ0v) is 14.0. The number of nitrogens with one attached hydrogen (secondary N) is 1. The van der Waals surface area contributed by atoms with E-state index in [2.05, 4.69) is 5.32 Å². The van der Waals surface area contributed by atoms with Crippen molar-refractivity contribution in [2.45, 2.75) is 19.9 Å². The lowest BCUT2D eigenvalue weighted by Gasteiger charge is -2.22. The number of rotatable bonds is 7. The summed E-state index contributed by atoms with van der Waals surface area (Å²) < 4.78 is 5.13. The number of carbonyl (C=O) groups excluding carboxylic acids is 1. The first-order valence-corrected chi connectivity index (χ1v) is 8.06. The van der Waals surface area contributed by atoms with Crippen LogP contribution in [0.4, 0.5) is 5.69 Å². The van der Waals surface area contributed by atoms with E-state index in [9.17, 15) is 9.90 Å². The molecule has 0 amide bonds. The highest BCUT2D eigenvalue weighted by Gasteiger charge is 2.23. The largest absolute Gasteiger partial charge is 0.506 e. The van der Waals surface area contributed by atoms with Gasteiger partial charge in [0, 0.05) is 0 Å². The quantitative estimate of drug-likeness (QED) is 0.595. The number of esters is 1. The van der Waals surface area contributed by atoms with Crippen molar-refractivity contribution in [1.29, 1.82) is 0 Å². The van der Waals surface area contributed by atoms with Crippen LogP contribution < -0.4 is 5.32 Å². The molecule has 0 aliphatic carbocycles. The summed E-state index contributed by atoms with van der Waals surface area (Å²) in [5.41, 5.74) is 1.62. The lowest BCUT2D eigenvalue weighted by Crippen LogP contribution is -2.32. The van der Waals surface area contributed by atoms with Crippen molar-refractivity contribution in [3.63, 3.8) is 0 Å². The van der Waals surface area contributed by atoms with Crippen LogP contribution in [0.2, 0.25) is 0 Å². The summed E-state index contributed by atoms with van der Waals surface area (Å²) >= 11 is 0. The highest BCUT2D eigenvalue weighted by Crippen LogP contribution is 2.25. The topological polar surface area (TPSA) is 58.6 Å². The molecule has 4 nitrogen and oxygen atoms in total. The Hall–Kier alpha value is -2.75. The van der Waals surface area contributed by atoms with Crippen molar-refractivity contribution < 1.29 is 14.6 Å². The monoisotopic (exact) mass is 325 g/mol. The van der Waals surface area contributed by atoms with Gasteiger partial charge >= 0.3 is 5.97 Å². The predicted octanol–water partition coefficient (Wildman–Crippen LogP) is 4.09. The van der Waals surface area contributed by atoms with E-state index >= 15 is 0 Å². The molecule has 0 saturated carbocycles. The Balaban J connectivity index is 2.22. The second kappa shape index (κ2) is 8.77. The van der Waals surface area contributed by atoms with Gasteiger partial charge in [0.2, 0.25) is 0 Å². The normalized spacial score (nSPS) is 13.4. The van der Waals surface area contributed by atoms with E-state index in [1.807, 2.05) is 55.5 Å². The van der Waals surface area contributed by atoms with Crippen LogP contribution in [-0.2, 0) is 9.53 Å². The average Bonchev–Trinajstić information content (AvgIpc) is 2.60. The van der Waals surface area contributed by atoms with Gasteiger partial charge in [-0.1, -0.05) is 54.6 Å². The number of benzene rings is 2. The Morgan fingerprint density at radius 1 is 1.17 bits per heavy atom. The van der Waals surface area contributed by atoms with Gasteiger partial charge < -0.3 is 15.2 Å². The van der Waals surface area contributed by atoms with Gasteiger partial charge in [0.25, 0.3) is 0 Å². The van der Waals surface area contributed by atoms with E-state index in [-0.39, 0.29) is 17.8 Å². The molecule has 2 aromatic rings. The van der Waals surface area contributed by atoms with Gasteiger partial charge in [-0.25, -0.2) is 0 Å². The van der Waals surface area contributed by atoms with Gasteiger partial charge in [-0.2, -0.15) is 0 Å². The van der Waals surface area contributed by atoms with Gasteiger partial charge in [-0.3, -0.25) is 4.79 Å². The summed E-state index contributed by atoms with van der Waals surface area (Å²) in [5, 5.41) is 13.2. The highest BCUT2D eigenvalue weighted by molar-refractivity contribution is 5.75. The maximum atomic E-state index is 12.1. The van der Waals surface area contributed by atoms with Crippen molar-refractivity contribution in [2.24, 2.45) is 5.92 Å². The molecule has 0 unspecified atom stereocenters. The maximum absolute atomic E-state index is 12.1. The standard InChI is InChI=1S/C20H23NO3/c1-3-24-20(23)15(2)17(14-13-16-9-5-4-6-10-16)21-18-11-7-8-12-19(18)22/h4-15,17,21-22H,3H2,1-2H3/b14-13+/t15-,17+/m0/s1. The molecule has 2 aromatic carbocycles. The zero-order valence-electron chi connectivity index (χ0n) is 14.0. The minimum absolute atomic E-state index is 0.145. The molecule has 24 heavy (non-hydrogen) atoms. The van der Waals surface area contributed by atoms with E-state index in [4.69, 9.17) is 4.74 Å². The van der Waals surface area contributed by atoms with E-state index in [0.717, 1.165) is 5.56 Å². The van der Waals surface area contributed by atoms with Gasteiger partial charge in [0.15, 0.2) is 0 Å². The van der Waals surface area contributed by atoms with E-state index in [1.165, 1.54) is 0 Å². The molecule has 0 saturated heterocycles. The summed E-state index contributed by atoms with van der Waals surface area (Å²) in [6, 6.07) is 16.5. The lowest BCUT2D eigenvalue weighted by molar-refractivity contribution is -0.147. The molecule has 0 aliphatic rings. The van der Waals surface area contributed by atoms with E-state index in [0.29, 0.717) is 12.3 Å². The molecule has 0 bridgehead atoms. The van der Waals surface area contributed by atoms with Crippen molar-refractivity contribution in [2.75, 3.05) is 11.9 Å². The minimum atomic E-state index is -0.399. The second-order valence-corrected chi connectivity index (χ2v) is 5.50. The molecule has 4 heteroatoms. The fraction of sp³-hybridized carbons (Fsp3) is 0.250. The molecular weight excluding hydrogens is 302 g/mol. The van der Waals surface area contributed by atoms with Gasteiger partial charge in [0.1, 0.15) is 5.75 Å². The van der Waals surface area contributed by atoms with Gasteiger partial charge in [0.05, 0.1) is 24.3 Å². The number of anilines is 1. The Morgan fingerprint density at radius 3 is 2.50 bits per heavy atom. The number of para-hydroxylation sites is 2. The van der Waals surface area contributed by atoms with Crippen LogP contribution >= 0.6 is 0 Å². The zero-order chi connectivity index (χ0) is 17.4. The molecule has 2 rings (SSSR count). The van der Waals surface area contributed by atoms with E-state index in [1.54, 1.807) is 25.1 Å². The maximum Gasteiger partial charge on any atom is 0.311 e. The molecule has 2 atom stereocenters. The van der Waals surface area contributed by atoms with Crippen molar-refractivity contribution >= 4 is 17.7 Å². The van der Waals surface area contributed by atoms with Crippen LogP contribution in [0.5, 0.6) is 5.75 Å². The van der Waals surface area contributed by atoms with Crippen LogP contribution in [0, 0.1) is 5.92 Å². The minimum Gasteiger partial charge on any atom is -0.506 e. The molecule has 0 radical (unpaired) electrons. The summed E-state index contributed by atoms with van der Waals surface area (Å²) in [7, 11) is 0. The molecule has 2 N–H and O–H groups in total. The first-order chi connectivity index (χ1) is 11.6. The number of phenolic OH excluding ortho intramolecular Hbond substituents is 1. The molecule has 0 spiro atoms. The second-order valence-electron chi connectivity index (χ2n) is 5.50. The Bertz CT molecular complexity index is 682. The van der Waals surface area contributed by atoms with Crippen LogP contribution in [0.3, 0.4) is 0 Å². The first-order valence-electron chi connectivity index (χ1n) is 8.06. The molecule has 0 fully saturated rings. The predicted molar refractivity (Wildman–Crippen MR) is 96.8 cm³/mol. The van der Waals surface area contributed by atoms with Crippen LogP contribution in [0.15, 0.2) is 60.7 Å². The lowest BCUT2D eigenvalue weighted by atomic mass is 10.00. The highest BCUT2D eigenvalue weighted by atomic mass is 16.5. The molecule has 0 aliphatic heterocycles. The van der Waals surface area contributed by atoms with E-state index < -0.39 is 5.92 Å². The van der Waals surface area contributed by atoms with Crippen LogP contribution in [0.25, 0.3) is 6.08 Å². The third-order valence-corrected chi connectivity index (χ3v) is 3.72. The fourth-order valence-electron chi connectivity index (χ4n) is 2.31. The summed E-state index contributed by atoms with van der Waals surface area (Å²) in [5.74, 6) is -0.528. The summed E-state index contributed by atoms with van der Waals surface area (Å²) in [6.07, 6.45) is 3.87. The third-order valence-electron chi connectivity index (χ3n) is 3.72. The molecule has 0 heterocycles. The number of hydrogen-bond acceptors (Lipinski definition) is 4. The smallest absolute Gasteiger partial charge is 0.311 e. The fourth-order valence-corrected chi connectivity index (χ4v) is 2.31. The number of phenols is 1. The number of carbonyl (C=O) groups is 1. The van der Waals surface area contributed by atoms with Gasteiger partial charge in [-0.05, 0) is 31.5 Å². The Labute approximate surface area is 142 Å². The van der Waals surface area contributed by atoms with Crippen molar-refractivity contribution in [3.05, 3.63) is 66.2 Å². The number of ether oxygens (including phenoxy) is 1. The third kappa shape index (κ3) is 4.88. The van der Waals surface area contributed by atoms with Crippen molar-refractivity contribution in [3.8, 4) is 5.75 Å². The average molecular weight is 325 g/mol. The first kappa shape index (κ1) is 17.6. The van der Waals surface area contributed by atoms with Gasteiger partial charge in [-0.15, -0.1) is 0 Å².